The first-order valence-electron chi connectivity index (χ1n) is 10.2. The number of fused-ring (bicyclic) bond motifs is 1. The van der Waals surface area contributed by atoms with Crippen LogP contribution in [0.1, 0.15) is 31.2 Å². The van der Waals surface area contributed by atoms with Crippen LogP contribution in [0.2, 0.25) is 0 Å². The highest BCUT2D eigenvalue weighted by atomic mass is 16.5. The molecule has 3 rings (SSSR count). The third kappa shape index (κ3) is 5.02. The largest absolute Gasteiger partial charge is 0.396 e. The zero-order valence-corrected chi connectivity index (χ0v) is 16.7. The van der Waals surface area contributed by atoms with Crippen molar-refractivity contribution >= 4 is 17.6 Å². The first kappa shape index (κ1) is 20.6. The molecule has 2 aliphatic rings. The monoisotopic (exact) mass is 388 g/mol. The molecule has 7 nitrogen and oxygen atoms in total. The summed E-state index contributed by atoms with van der Waals surface area (Å²) in [6.07, 6.45) is 3.88. The lowest BCUT2D eigenvalue weighted by molar-refractivity contribution is -0.118. The van der Waals surface area contributed by atoms with Gasteiger partial charge in [0.2, 0.25) is 5.91 Å². The highest BCUT2D eigenvalue weighted by Crippen LogP contribution is 2.31. The second-order valence-corrected chi connectivity index (χ2v) is 7.66. The van der Waals surface area contributed by atoms with Gasteiger partial charge in [0.15, 0.2) is 5.96 Å². The van der Waals surface area contributed by atoms with Gasteiger partial charge in [0.25, 0.3) is 0 Å². The Morgan fingerprint density at radius 2 is 2.21 bits per heavy atom. The third-order valence-electron chi connectivity index (χ3n) is 5.73. The van der Waals surface area contributed by atoms with E-state index < -0.39 is 0 Å². The molecule has 0 aliphatic carbocycles. The molecule has 1 saturated heterocycles. The quantitative estimate of drug-likeness (QED) is 0.355. The highest BCUT2D eigenvalue weighted by molar-refractivity contribution is 5.95. The molecule has 154 valence electrons. The van der Waals surface area contributed by atoms with Crippen LogP contribution < -0.4 is 15.5 Å². The van der Waals surface area contributed by atoms with Gasteiger partial charge in [-0.15, -0.1) is 0 Å². The van der Waals surface area contributed by atoms with Crippen molar-refractivity contribution < 1.29 is 14.6 Å². The minimum atomic E-state index is -0.0223. The predicted molar refractivity (Wildman–Crippen MR) is 111 cm³/mol. The number of aliphatic hydroxyl groups is 1. The molecule has 2 aliphatic heterocycles. The fourth-order valence-electron chi connectivity index (χ4n) is 3.98. The molecule has 0 aromatic heterocycles. The number of aliphatic hydroxyl groups excluding tert-OH is 1. The molecule has 7 heteroatoms. The fourth-order valence-corrected chi connectivity index (χ4v) is 3.98. The smallest absolute Gasteiger partial charge is 0.227 e. The van der Waals surface area contributed by atoms with Crippen molar-refractivity contribution in [3.63, 3.8) is 0 Å². The molecule has 1 fully saturated rings. The topological polar surface area (TPSA) is 86.2 Å². The van der Waals surface area contributed by atoms with Crippen molar-refractivity contribution in [1.82, 2.24) is 10.6 Å². The minimum Gasteiger partial charge on any atom is -0.396 e. The van der Waals surface area contributed by atoms with E-state index in [0.29, 0.717) is 19.6 Å². The number of ether oxygens (including phenoxy) is 1. The number of amides is 1. The average Bonchev–Trinajstić information content (AvgIpc) is 3.35. The maximum atomic E-state index is 12.6. The zero-order valence-electron chi connectivity index (χ0n) is 16.7. The summed E-state index contributed by atoms with van der Waals surface area (Å²) in [5.41, 5.74) is 2.29. The maximum absolute atomic E-state index is 12.6. The standard InChI is InChI=1S/C21H32N4O3/c1-22-20(24-15-21(9-13-26)10-14-28-16-21)23-11-4-7-19(27)25-12-8-17-5-2-3-6-18(17)25/h2-3,5-6,26H,4,7-16H2,1H3,(H2,22,23,24). The van der Waals surface area contributed by atoms with E-state index >= 15 is 0 Å². The van der Waals surface area contributed by atoms with Crippen LogP contribution in [-0.4, -0.2) is 63.5 Å². The summed E-state index contributed by atoms with van der Waals surface area (Å²) >= 11 is 0. The second kappa shape index (κ2) is 9.89. The van der Waals surface area contributed by atoms with Gasteiger partial charge in [0, 0.05) is 57.4 Å². The SMILES string of the molecule is CN=C(NCCCC(=O)N1CCc2ccccc21)NCC1(CCO)CCOC1. The fraction of sp³-hybridized carbons (Fsp3) is 0.619. The number of hydrogen-bond acceptors (Lipinski definition) is 4. The molecule has 1 aromatic carbocycles. The highest BCUT2D eigenvalue weighted by Gasteiger charge is 2.34. The van der Waals surface area contributed by atoms with Crippen LogP contribution >= 0.6 is 0 Å². The molecule has 0 saturated carbocycles. The normalized spacial score (nSPS) is 21.6. The van der Waals surface area contributed by atoms with Gasteiger partial charge >= 0.3 is 0 Å². The molecule has 0 spiro atoms. The number of anilines is 1. The Labute approximate surface area is 167 Å². The van der Waals surface area contributed by atoms with Gasteiger partial charge in [0.1, 0.15) is 0 Å². The van der Waals surface area contributed by atoms with E-state index in [9.17, 15) is 9.90 Å². The summed E-state index contributed by atoms with van der Waals surface area (Å²) in [6.45, 7) is 3.77. The number of hydrogen-bond donors (Lipinski definition) is 3. The lowest BCUT2D eigenvalue weighted by atomic mass is 9.84. The first-order chi connectivity index (χ1) is 13.7. The van der Waals surface area contributed by atoms with Crippen molar-refractivity contribution in [2.75, 3.05) is 51.4 Å². The first-order valence-corrected chi connectivity index (χ1v) is 10.2. The van der Waals surface area contributed by atoms with Gasteiger partial charge in [0.05, 0.1) is 6.61 Å². The average molecular weight is 389 g/mol. The van der Waals surface area contributed by atoms with Crippen LogP contribution in [0.25, 0.3) is 0 Å². The molecule has 1 unspecified atom stereocenters. The molecule has 3 N–H and O–H groups in total. The van der Waals surface area contributed by atoms with E-state index in [-0.39, 0.29) is 17.9 Å². The lowest BCUT2D eigenvalue weighted by Crippen LogP contribution is -2.44. The number of nitrogens with one attached hydrogen (secondary N) is 2. The molecule has 1 aromatic rings. The molecule has 2 heterocycles. The van der Waals surface area contributed by atoms with E-state index in [1.807, 2.05) is 23.1 Å². The summed E-state index contributed by atoms with van der Waals surface area (Å²) in [7, 11) is 1.74. The molecule has 0 bridgehead atoms. The number of guanidine groups is 1. The van der Waals surface area contributed by atoms with Crippen molar-refractivity contribution in [1.29, 1.82) is 0 Å². The maximum Gasteiger partial charge on any atom is 0.227 e. The van der Waals surface area contributed by atoms with Crippen LogP contribution in [0, 0.1) is 5.41 Å². The number of rotatable bonds is 8. The van der Waals surface area contributed by atoms with Gasteiger partial charge in [-0.3, -0.25) is 9.79 Å². The molecule has 0 radical (unpaired) electrons. The van der Waals surface area contributed by atoms with Crippen molar-refractivity contribution in [2.45, 2.75) is 32.1 Å². The summed E-state index contributed by atoms with van der Waals surface area (Å²) in [4.78, 5) is 18.7. The Balaban J connectivity index is 1.39. The summed E-state index contributed by atoms with van der Waals surface area (Å²) in [5, 5.41) is 16.0. The van der Waals surface area contributed by atoms with E-state index in [2.05, 4.69) is 21.7 Å². The van der Waals surface area contributed by atoms with Crippen LogP contribution in [0.4, 0.5) is 5.69 Å². The Kier molecular flexibility index (Phi) is 7.28. The van der Waals surface area contributed by atoms with Crippen molar-refractivity contribution in [3.05, 3.63) is 29.8 Å². The molecule has 28 heavy (non-hydrogen) atoms. The predicted octanol–water partition coefficient (Wildman–Crippen LogP) is 1.31. The number of carbonyl (C=O) groups excluding carboxylic acids is 1. The number of benzene rings is 1. The number of para-hydroxylation sites is 1. The Hall–Kier alpha value is -2.12. The van der Waals surface area contributed by atoms with E-state index in [1.165, 1.54) is 5.56 Å². The van der Waals surface area contributed by atoms with Gasteiger partial charge in [-0.25, -0.2) is 0 Å². The van der Waals surface area contributed by atoms with Crippen LogP contribution in [0.3, 0.4) is 0 Å². The molecule has 1 atom stereocenters. The Bertz CT molecular complexity index is 686. The van der Waals surface area contributed by atoms with Crippen LogP contribution in [0.15, 0.2) is 29.3 Å². The van der Waals surface area contributed by atoms with Crippen LogP contribution in [0.5, 0.6) is 0 Å². The Morgan fingerprint density at radius 1 is 1.36 bits per heavy atom. The zero-order chi connectivity index (χ0) is 19.8. The number of aliphatic imine (C=N–C) groups is 1. The second-order valence-electron chi connectivity index (χ2n) is 7.66. The lowest BCUT2D eigenvalue weighted by Gasteiger charge is -2.27. The number of nitrogens with zero attached hydrogens (tertiary/aromatic N) is 2. The number of carbonyl (C=O) groups is 1. The van der Waals surface area contributed by atoms with Crippen molar-refractivity contribution in [3.8, 4) is 0 Å². The summed E-state index contributed by atoms with van der Waals surface area (Å²) in [5.74, 6) is 0.905. The third-order valence-corrected chi connectivity index (χ3v) is 5.73. The van der Waals surface area contributed by atoms with E-state index in [0.717, 1.165) is 57.0 Å². The summed E-state index contributed by atoms with van der Waals surface area (Å²) in [6, 6.07) is 8.14. The van der Waals surface area contributed by atoms with Gasteiger partial charge in [-0.05, 0) is 37.3 Å². The van der Waals surface area contributed by atoms with Gasteiger partial charge in [-0.2, -0.15) is 0 Å². The molecule has 1 amide bonds. The Morgan fingerprint density at radius 3 is 2.96 bits per heavy atom. The van der Waals surface area contributed by atoms with Crippen LogP contribution in [-0.2, 0) is 16.0 Å². The molecular weight excluding hydrogens is 356 g/mol. The summed E-state index contributed by atoms with van der Waals surface area (Å²) < 4.78 is 5.52. The van der Waals surface area contributed by atoms with Crippen molar-refractivity contribution in [2.24, 2.45) is 10.4 Å². The van der Waals surface area contributed by atoms with E-state index in [4.69, 9.17) is 4.74 Å². The van der Waals surface area contributed by atoms with Gasteiger partial charge in [-0.1, -0.05) is 18.2 Å². The molecular formula is C21H32N4O3. The minimum absolute atomic E-state index is 0.0223. The van der Waals surface area contributed by atoms with E-state index in [1.54, 1.807) is 7.05 Å². The van der Waals surface area contributed by atoms with Gasteiger partial charge < -0.3 is 25.4 Å².